The Balaban J connectivity index is 1.44. The van der Waals surface area contributed by atoms with Gasteiger partial charge in [-0.15, -0.1) is 5.10 Å². The molecule has 0 bridgehead atoms. The molecule has 15 heteroatoms. The molecule has 254 valence electrons. The van der Waals surface area contributed by atoms with Crippen LogP contribution >= 0.6 is 0 Å². The molecule has 2 atom stereocenters. The van der Waals surface area contributed by atoms with Crippen LogP contribution in [0.3, 0.4) is 0 Å². The van der Waals surface area contributed by atoms with Crippen molar-refractivity contribution in [2.75, 3.05) is 5.32 Å². The maximum atomic E-state index is 13.6. The molecule has 4 aromatic rings. The number of benzene rings is 2. The van der Waals surface area contributed by atoms with E-state index in [0.29, 0.717) is 16.5 Å². The van der Waals surface area contributed by atoms with Crippen LogP contribution in [0.5, 0.6) is 0 Å². The summed E-state index contributed by atoms with van der Waals surface area (Å²) >= 11 is 0. The largest absolute Gasteiger partial charge is 0.481 e. The first-order valence-electron chi connectivity index (χ1n) is 15.5. The Kier molecular flexibility index (Phi) is 10.1. The minimum absolute atomic E-state index is 0.0119. The highest BCUT2D eigenvalue weighted by molar-refractivity contribution is 7.88. The zero-order valence-corrected chi connectivity index (χ0v) is 27.3. The molecule has 1 unspecified atom stereocenters. The van der Waals surface area contributed by atoms with Crippen LogP contribution in [0.1, 0.15) is 73.9 Å². The number of aliphatic carboxylic acids is 2. The second kappa shape index (κ2) is 14.1. The fraction of sp³-hybridized carbons (Fsp3) is 0.394. The summed E-state index contributed by atoms with van der Waals surface area (Å²) in [6, 6.07) is 11.9. The molecule has 14 nitrogen and oxygen atoms in total. The number of hydrogen-bond donors (Lipinski definition) is 4. The Hall–Kier alpha value is -4.89. The van der Waals surface area contributed by atoms with Crippen LogP contribution in [0, 0.1) is 12.8 Å². The predicted molar refractivity (Wildman–Crippen MR) is 175 cm³/mol. The number of aryl methyl sites for hydroxylation is 1. The van der Waals surface area contributed by atoms with E-state index in [0.717, 1.165) is 36.8 Å². The number of aromatic nitrogens is 3. The standard InChI is InChI=1S/C33H37N5O9S/c1-20-24-14-13-23(15-27(24)47-32(44)25(20)16-29(39)40)34-31(43)26(17-30(41)42)38-18-28(35-37-38)33(2,22-11-7-4-8-12-22)36-48(45,46)19-21-9-5-3-6-10-21/h3,5-6,9-10,13-15,18,22,26,36H,4,7-8,11-12,16-17,19H2,1-2H3,(H,34,43)(H,39,40)(H,41,42)/t26?,33-/m0/s1. The first-order chi connectivity index (χ1) is 22.8. The summed E-state index contributed by atoms with van der Waals surface area (Å²) < 4.78 is 36.3. The van der Waals surface area contributed by atoms with E-state index in [-0.39, 0.29) is 34.2 Å². The van der Waals surface area contributed by atoms with Crippen LogP contribution in [0.25, 0.3) is 11.0 Å². The molecule has 2 aromatic carbocycles. The number of amides is 1. The van der Waals surface area contributed by atoms with Gasteiger partial charge in [-0.1, -0.05) is 54.8 Å². The molecule has 1 aliphatic carbocycles. The molecule has 0 radical (unpaired) electrons. The zero-order chi connectivity index (χ0) is 34.6. The highest BCUT2D eigenvalue weighted by Crippen LogP contribution is 2.39. The third kappa shape index (κ3) is 7.80. The number of carboxylic acid groups (broad SMARTS) is 2. The monoisotopic (exact) mass is 679 g/mol. The second-order valence-electron chi connectivity index (χ2n) is 12.3. The number of nitrogens with one attached hydrogen (secondary N) is 2. The highest BCUT2D eigenvalue weighted by atomic mass is 32.2. The number of hydrogen-bond acceptors (Lipinski definition) is 9. The molecule has 0 saturated heterocycles. The summed E-state index contributed by atoms with van der Waals surface area (Å²) in [5, 5.41) is 30.3. The molecule has 2 heterocycles. The molecule has 5 rings (SSSR count). The Morgan fingerprint density at radius 3 is 2.44 bits per heavy atom. The minimum Gasteiger partial charge on any atom is -0.481 e. The van der Waals surface area contributed by atoms with Crippen molar-refractivity contribution >= 4 is 44.5 Å². The van der Waals surface area contributed by atoms with Crippen LogP contribution in [0.2, 0.25) is 0 Å². The van der Waals surface area contributed by atoms with Gasteiger partial charge in [0.2, 0.25) is 15.9 Å². The maximum Gasteiger partial charge on any atom is 0.340 e. The van der Waals surface area contributed by atoms with Gasteiger partial charge in [0.15, 0.2) is 0 Å². The van der Waals surface area contributed by atoms with Crippen LogP contribution in [0.4, 0.5) is 5.69 Å². The van der Waals surface area contributed by atoms with Crippen molar-refractivity contribution in [1.82, 2.24) is 19.7 Å². The molecule has 2 aromatic heterocycles. The smallest absolute Gasteiger partial charge is 0.340 e. The van der Waals surface area contributed by atoms with Crippen LogP contribution in [-0.2, 0) is 42.1 Å². The number of carbonyl (C=O) groups is 3. The molecule has 0 spiro atoms. The van der Waals surface area contributed by atoms with Crippen molar-refractivity contribution in [3.05, 3.63) is 87.5 Å². The number of fused-ring (bicyclic) bond motifs is 1. The van der Waals surface area contributed by atoms with Crippen molar-refractivity contribution < 1.29 is 37.4 Å². The van der Waals surface area contributed by atoms with Crippen molar-refractivity contribution in [3.8, 4) is 0 Å². The average Bonchev–Trinajstić information content (AvgIpc) is 3.53. The Morgan fingerprint density at radius 2 is 1.77 bits per heavy atom. The van der Waals surface area contributed by atoms with Crippen LogP contribution < -0.4 is 15.7 Å². The van der Waals surface area contributed by atoms with E-state index in [4.69, 9.17) is 9.52 Å². The Morgan fingerprint density at radius 1 is 1.06 bits per heavy atom. The van der Waals surface area contributed by atoms with Gasteiger partial charge in [0.25, 0.3) is 0 Å². The highest BCUT2D eigenvalue weighted by Gasteiger charge is 2.42. The van der Waals surface area contributed by atoms with E-state index in [2.05, 4.69) is 20.4 Å². The Bertz CT molecular complexity index is 2000. The molecule has 1 fully saturated rings. The SMILES string of the molecule is Cc1c(CC(=O)O)c(=O)oc2cc(NC(=O)C(CC(=O)O)n3cc([C@@](C)(NS(=O)(=O)Cc4ccccc4)C4CCCCC4)nn3)ccc12. The van der Waals surface area contributed by atoms with Gasteiger partial charge in [-0.2, -0.15) is 0 Å². The summed E-state index contributed by atoms with van der Waals surface area (Å²) in [4.78, 5) is 49.1. The number of rotatable bonds is 13. The van der Waals surface area contributed by atoms with Crippen LogP contribution in [-0.4, -0.2) is 51.5 Å². The normalized spacial score (nSPS) is 15.9. The number of carbonyl (C=O) groups excluding carboxylic acids is 1. The lowest BCUT2D eigenvalue weighted by Gasteiger charge is -2.38. The summed E-state index contributed by atoms with van der Waals surface area (Å²) in [6.45, 7) is 3.35. The fourth-order valence-electron chi connectivity index (χ4n) is 6.37. The molecule has 4 N–H and O–H groups in total. The van der Waals surface area contributed by atoms with E-state index in [1.807, 2.05) is 0 Å². The summed E-state index contributed by atoms with van der Waals surface area (Å²) in [7, 11) is -3.87. The predicted octanol–water partition coefficient (Wildman–Crippen LogP) is 3.89. The third-order valence-corrected chi connectivity index (χ3v) is 10.4. The van der Waals surface area contributed by atoms with E-state index in [1.54, 1.807) is 50.2 Å². The number of sulfonamides is 1. The molecule has 0 aliphatic heterocycles. The lowest BCUT2D eigenvalue weighted by atomic mass is 9.75. The summed E-state index contributed by atoms with van der Waals surface area (Å²) in [5.74, 6) is -3.59. The molecule has 1 amide bonds. The first kappa shape index (κ1) is 34.4. The van der Waals surface area contributed by atoms with E-state index in [1.165, 1.54) is 18.3 Å². The summed E-state index contributed by atoms with van der Waals surface area (Å²) in [6.07, 6.45) is 4.58. The average molecular weight is 680 g/mol. The molecule has 48 heavy (non-hydrogen) atoms. The van der Waals surface area contributed by atoms with E-state index in [9.17, 15) is 32.7 Å². The number of anilines is 1. The van der Waals surface area contributed by atoms with Crippen molar-refractivity contribution in [2.24, 2.45) is 5.92 Å². The minimum atomic E-state index is -3.87. The first-order valence-corrected chi connectivity index (χ1v) is 17.2. The van der Waals surface area contributed by atoms with Gasteiger partial charge in [0.05, 0.1) is 35.9 Å². The van der Waals surface area contributed by atoms with Gasteiger partial charge in [-0.05, 0) is 55.9 Å². The topological polar surface area (TPSA) is 211 Å². The lowest BCUT2D eigenvalue weighted by molar-refractivity contribution is -0.140. The maximum absolute atomic E-state index is 13.6. The van der Waals surface area contributed by atoms with Crippen molar-refractivity contribution in [1.29, 1.82) is 0 Å². The quantitative estimate of drug-likeness (QED) is 0.149. The molecular formula is C33H37N5O9S. The number of nitrogens with zero attached hydrogens (tertiary/aromatic N) is 3. The fourth-order valence-corrected chi connectivity index (χ4v) is 7.99. The van der Waals surface area contributed by atoms with Gasteiger partial charge >= 0.3 is 17.6 Å². The zero-order valence-electron chi connectivity index (χ0n) is 26.5. The second-order valence-corrected chi connectivity index (χ2v) is 14.1. The molecule has 1 aliphatic rings. The van der Waals surface area contributed by atoms with Gasteiger partial charge in [-0.25, -0.2) is 22.6 Å². The van der Waals surface area contributed by atoms with Gasteiger partial charge < -0.3 is 19.9 Å². The summed E-state index contributed by atoms with van der Waals surface area (Å²) in [5.41, 5.74) is -0.394. The van der Waals surface area contributed by atoms with Crippen LogP contribution in [0.15, 0.2) is 63.9 Å². The van der Waals surface area contributed by atoms with E-state index >= 15 is 0 Å². The lowest BCUT2D eigenvalue weighted by Crippen LogP contribution is -2.50. The van der Waals surface area contributed by atoms with Gasteiger partial charge in [0, 0.05) is 17.1 Å². The van der Waals surface area contributed by atoms with Crippen molar-refractivity contribution in [2.45, 2.75) is 76.1 Å². The van der Waals surface area contributed by atoms with E-state index < -0.39 is 57.9 Å². The van der Waals surface area contributed by atoms with Gasteiger partial charge in [-0.3, -0.25) is 14.4 Å². The van der Waals surface area contributed by atoms with Gasteiger partial charge in [0.1, 0.15) is 17.3 Å². The Labute approximate surface area is 276 Å². The molecule has 1 saturated carbocycles. The number of carboxylic acids is 2. The molecular weight excluding hydrogens is 642 g/mol. The third-order valence-electron chi connectivity index (χ3n) is 8.90. The van der Waals surface area contributed by atoms with Crippen molar-refractivity contribution in [3.63, 3.8) is 0 Å².